The molecule has 0 unspecified atom stereocenters. The van der Waals surface area contributed by atoms with Crippen LogP contribution in [0.15, 0.2) is 69.7 Å². The van der Waals surface area contributed by atoms with E-state index >= 15 is 0 Å². The van der Waals surface area contributed by atoms with Crippen LogP contribution >= 0.6 is 0 Å². The first-order valence-corrected chi connectivity index (χ1v) is 9.04. The predicted octanol–water partition coefficient (Wildman–Crippen LogP) is 1.14. The Morgan fingerprint density at radius 3 is 2.15 bits per heavy atom. The first-order valence-electron chi connectivity index (χ1n) is 7.60. The van der Waals surface area contributed by atoms with Gasteiger partial charge < -0.3 is 5.11 Å². The molecule has 6 nitrogen and oxygen atoms in total. The number of azo groups is 1. The van der Waals surface area contributed by atoms with Gasteiger partial charge in [0.05, 0.1) is 16.3 Å². The molecular weight excluding hydrogens is 363 g/mol. The first-order chi connectivity index (χ1) is 11.9. The van der Waals surface area contributed by atoms with Crippen LogP contribution in [0.2, 0.25) is 0 Å². The molecule has 0 aliphatic carbocycles. The third-order valence-corrected chi connectivity index (χ3v) is 4.65. The number of fused-ring (bicyclic) bond motifs is 1. The molecule has 0 aliphatic rings. The third kappa shape index (κ3) is 4.69. The minimum absolute atomic E-state index is 0. The van der Waals surface area contributed by atoms with Crippen LogP contribution in [-0.4, -0.2) is 13.0 Å². The van der Waals surface area contributed by atoms with E-state index in [1.807, 2.05) is 6.92 Å². The summed E-state index contributed by atoms with van der Waals surface area (Å²) in [6, 6.07) is 14.3. The van der Waals surface area contributed by atoms with Gasteiger partial charge in [-0.15, -0.1) is 5.75 Å². The Hall–Kier alpha value is -1.77. The monoisotopic (exact) mass is 378 g/mol. The van der Waals surface area contributed by atoms with Crippen molar-refractivity contribution >= 4 is 32.3 Å². The summed E-state index contributed by atoms with van der Waals surface area (Å²) in [4.78, 5) is -0.154. The molecule has 3 aromatic rings. The molecule has 3 aromatic carbocycles. The summed E-state index contributed by atoms with van der Waals surface area (Å²) in [6.07, 6.45) is 0.633. The average Bonchev–Trinajstić information content (AvgIpc) is 2.59. The summed E-state index contributed by atoms with van der Waals surface area (Å²) in [5.74, 6) is -0.0122. The van der Waals surface area contributed by atoms with Gasteiger partial charge in [0.1, 0.15) is 0 Å². The van der Waals surface area contributed by atoms with Gasteiger partial charge in [0.25, 0.3) is 10.1 Å². The van der Waals surface area contributed by atoms with E-state index in [1.54, 1.807) is 36.4 Å². The Labute approximate surface area is 173 Å². The molecular formula is C18H15N2NaO4S. The van der Waals surface area contributed by atoms with E-state index in [9.17, 15) is 13.5 Å². The van der Waals surface area contributed by atoms with Gasteiger partial charge in [-0.1, -0.05) is 30.7 Å². The summed E-state index contributed by atoms with van der Waals surface area (Å²) >= 11 is 0. The van der Waals surface area contributed by atoms with Crippen molar-refractivity contribution in [1.82, 2.24) is 0 Å². The van der Waals surface area contributed by atoms with Gasteiger partial charge in [-0.3, -0.25) is 4.55 Å². The van der Waals surface area contributed by atoms with Gasteiger partial charge in [0.15, 0.2) is 0 Å². The fourth-order valence-electron chi connectivity index (χ4n) is 2.45. The summed E-state index contributed by atoms with van der Waals surface area (Å²) in [6.45, 7) is 1.90. The zero-order valence-corrected chi connectivity index (χ0v) is 17.2. The SMILES string of the molecule is CCc1cc(N=Nc2ccc3cc(S(=O)(=O)O)ccc3c2)ccc1[O-].[Na+]. The maximum absolute atomic E-state index is 11.6. The van der Waals surface area contributed by atoms with Crippen LogP contribution in [0.25, 0.3) is 10.8 Å². The summed E-state index contributed by atoms with van der Waals surface area (Å²) in [5.41, 5.74) is 1.88. The molecule has 0 saturated heterocycles. The van der Waals surface area contributed by atoms with Crippen molar-refractivity contribution in [2.24, 2.45) is 10.2 Å². The molecule has 3 rings (SSSR count). The third-order valence-electron chi connectivity index (χ3n) is 3.80. The summed E-state index contributed by atoms with van der Waals surface area (Å²) in [7, 11) is -4.23. The van der Waals surface area contributed by atoms with E-state index in [-0.39, 0.29) is 40.2 Å². The van der Waals surface area contributed by atoms with E-state index in [2.05, 4.69) is 10.2 Å². The van der Waals surface area contributed by atoms with Crippen LogP contribution in [-0.2, 0) is 16.5 Å². The van der Waals surface area contributed by atoms with Crippen LogP contribution in [0.1, 0.15) is 12.5 Å². The molecule has 8 heteroatoms. The van der Waals surface area contributed by atoms with Gasteiger partial charge >= 0.3 is 29.6 Å². The van der Waals surface area contributed by atoms with E-state index in [0.29, 0.717) is 28.7 Å². The predicted molar refractivity (Wildman–Crippen MR) is 93.2 cm³/mol. The second kappa shape index (κ2) is 8.28. The number of rotatable bonds is 4. The Balaban J connectivity index is 0.00000243. The van der Waals surface area contributed by atoms with Crippen LogP contribution < -0.4 is 34.7 Å². The molecule has 0 amide bonds. The second-order valence-corrected chi connectivity index (χ2v) is 6.94. The van der Waals surface area contributed by atoms with E-state index in [4.69, 9.17) is 4.55 Å². The number of hydrogen-bond acceptors (Lipinski definition) is 5. The number of aryl methyl sites for hydroxylation is 1. The topological polar surface area (TPSA) is 102 Å². The van der Waals surface area contributed by atoms with Crippen LogP contribution in [0.5, 0.6) is 5.75 Å². The molecule has 0 heterocycles. The molecule has 128 valence electrons. The zero-order chi connectivity index (χ0) is 18.0. The second-order valence-electron chi connectivity index (χ2n) is 5.51. The molecule has 0 spiro atoms. The van der Waals surface area contributed by atoms with Crippen LogP contribution in [0, 0.1) is 0 Å². The smallest absolute Gasteiger partial charge is 0.872 e. The maximum Gasteiger partial charge on any atom is 1.00 e. The Kier molecular flexibility index (Phi) is 6.54. The van der Waals surface area contributed by atoms with E-state index in [1.165, 1.54) is 18.2 Å². The number of benzene rings is 3. The van der Waals surface area contributed by atoms with Crippen molar-refractivity contribution in [2.45, 2.75) is 18.2 Å². The quantitative estimate of drug-likeness (QED) is 0.418. The molecule has 0 aromatic heterocycles. The molecule has 26 heavy (non-hydrogen) atoms. The molecule has 0 saturated carbocycles. The van der Waals surface area contributed by atoms with Gasteiger partial charge in [0, 0.05) is 0 Å². The van der Waals surface area contributed by atoms with Crippen molar-refractivity contribution < 1.29 is 47.6 Å². The molecule has 1 N–H and O–H groups in total. The van der Waals surface area contributed by atoms with Gasteiger partial charge in [-0.25, -0.2) is 0 Å². The summed E-state index contributed by atoms with van der Waals surface area (Å²) < 4.78 is 31.4. The van der Waals surface area contributed by atoms with Gasteiger partial charge in [-0.2, -0.15) is 18.6 Å². The standard InChI is InChI=1S/C18H16N2O4S.Na/c1-2-12-9-16(6-8-18(12)21)20-19-15-5-3-14-11-17(25(22,23)24)7-4-13(14)10-15;/h3-11,21H,2H2,1H3,(H,22,23,24);/q;+1/p-1. The van der Waals surface area contributed by atoms with Gasteiger partial charge in [-0.05, 0) is 53.6 Å². The van der Waals surface area contributed by atoms with Gasteiger partial charge in [0.2, 0.25) is 0 Å². The van der Waals surface area contributed by atoms with Crippen molar-refractivity contribution in [3.8, 4) is 5.75 Å². The Morgan fingerprint density at radius 2 is 1.50 bits per heavy atom. The first kappa shape index (κ1) is 20.5. The molecule has 0 bridgehead atoms. The maximum atomic E-state index is 11.6. The van der Waals surface area contributed by atoms with Crippen LogP contribution in [0.3, 0.4) is 0 Å². The summed E-state index contributed by atoms with van der Waals surface area (Å²) in [5, 5.41) is 21.3. The van der Waals surface area contributed by atoms with Crippen molar-refractivity contribution in [3.05, 3.63) is 60.2 Å². The average molecular weight is 378 g/mol. The fraction of sp³-hybridized carbons (Fsp3) is 0.111. The molecule has 0 radical (unpaired) electrons. The molecule has 0 atom stereocenters. The number of nitrogens with zero attached hydrogens (tertiary/aromatic N) is 2. The van der Waals surface area contributed by atoms with Crippen molar-refractivity contribution in [2.75, 3.05) is 0 Å². The van der Waals surface area contributed by atoms with Crippen molar-refractivity contribution in [3.63, 3.8) is 0 Å². The Morgan fingerprint density at radius 1 is 0.923 bits per heavy atom. The number of hydrogen-bond donors (Lipinski definition) is 1. The van der Waals surface area contributed by atoms with Crippen LogP contribution in [0.4, 0.5) is 11.4 Å². The minimum Gasteiger partial charge on any atom is -0.872 e. The fourth-order valence-corrected chi connectivity index (χ4v) is 2.97. The largest absolute Gasteiger partial charge is 1.00 e. The van der Waals surface area contributed by atoms with Crippen molar-refractivity contribution in [1.29, 1.82) is 0 Å². The zero-order valence-electron chi connectivity index (χ0n) is 14.4. The van der Waals surface area contributed by atoms with E-state index in [0.717, 1.165) is 5.39 Å². The normalized spacial score (nSPS) is 11.6. The minimum atomic E-state index is -4.23. The molecule has 0 fully saturated rings. The molecule has 0 aliphatic heterocycles. The Bertz CT molecular complexity index is 1080. The van der Waals surface area contributed by atoms with E-state index < -0.39 is 10.1 Å².